The molecule has 0 radical (unpaired) electrons. The van der Waals surface area contributed by atoms with Crippen molar-refractivity contribution in [2.75, 3.05) is 7.11 Å². The van der Waals surface area contributed by atoms with E-state index in [0.29, 0.717) is 5.92 Å². The van der Waals surface area contributed by atoms with Gasteiger partial charge in [-0.15, -0.1) is 0 Å². The van der Waals surface area contributed by atoms with E-state index >= 15 is 0 Å². The van der Waals surface area contributed by atoms with E-state index in [0.717, 1.165) is 17.1 Å². The molecule has 0 aliphatic carbocycles. The van der Waals surface area contributed by atoms with Crippen molar-refractivity contribution in [1.29, 1.82) is 0 Å². The van der Waals surface area contributed by atoms with Crippen molar-refractivity contribution in [2.45, 2.75) is 19.8 Å². The Hall–Kier alpha value is -2.87. The molecule has 0 heterocycles. The molecule has 126 valence electrons. The summed E-state index contributed by atoms with van der Waals surface area (Å²) in [7, 11) is 1.67. The molecular weight excluding hydrogens is 306 g/mol. The summed E-state index contributed by atoms with van der Waals surface area (Å²) in [5.74, 6) is 1.16. The van der Waals surface area contributed by atoms with Crippen LogP contribution >= 0.6 is 0 Å². The van der Waals surface area contributed by atoms with Crippen molar-refractivity contribution >= 4 is 11.4 Å². The first-order valence-electron chi connectivity index (χ1n) is 8.52. The number of methoxy groups -OCH3 is 1. The summed E-state index contributed by atoms with van der Waals surface area (Å²) in [6.45, 7) is 4.32. The van der Waals surface area contributed by atoms with E-state index in [1.165, 1.54) is 16.7 Å². The molecule has 0 aromatic heterocycles. The van der Waals surface area contributed by atoms with Gasteiger partial charge in [0.2, 0.25) is 0 Å². The Balaban J connectivity index is 1.95. The van der Waals surface area contributed by atoms with Gasteiger partial charge in [-0.05, 0) is 47.9 Å². The predicted molar refractivity (Wildman–Crippen MR) is 105 cm³/mol. The van der Waals surface area contributed by atoms with Gasteiger partial charge in [0.15, 0.2) is 0 Å². The van der Waals surface area contributed by atoms with Gasteiger partial charge in [-0.2, -0.15) is 0 Å². The summed E-state index contributed by atoms with van der Waals surface area (Å²) < 4.78 is 5.21. The number of benzene rings is 3. The lowest BCUT2D eigenvalue weighted by Gasteiger charge is -2.17. The van der Waals surface area contributed by atoms with Crippen molar-refractivity contribution < 1.29 is 4.74 Å². The molecule has 0 aliphatic heterocycles. The van der Waals surface area contributed by atoms with Gasteiger partial charge in [-0.25, -0.2) is 0 Å². The van der Waals surface area contributed by atoms with Gasteiger partial charge in [-0.3, -0.25) is 4.99 Å². The van der Waals surface area contributed by atoms with Crippen LogP contribution in [0, 0.1) is 0 Å². The molecule has 0 fully saturated rings. The highest BCUT2D eigenvalue weighted by Gasteiger charge is 2.13. The Kier molecular flexibility index (Phi) is 5.30. The Labute approximate surface area is 149 Å². The van der Waals surface area contributed by atoms with E-state index in [-0.39, 0.29) is 0 Å². The van der Waals surface area contributed by atoms with Gasteiger partial charge >= 0.3 is 0 Å². The van der Waals surface area contributed by atoms with Crippen molar-refractivity contribution in [1.82, 2.24) is 0 Å². The topological polar surface area (TPSA) is 21.6 Å². The summed E-state index contributed by atoms with van der Waals surface area (Å²) in [4.78, 5) is 4.80. The van der Waals surface area contributed by atoms with Gasteiger partial charge in [0.05, 0.1) is 12.8 Å². The van der Waals surface area contributed by atoms with Crippen LogP contribution in [0.25, 0.3) is 0 Å². The molecule has 1 atom stereocenters. The van der Waals surface area contributed by atoms with E-state index in [1.54, 1.807) is 7.11 Å². The van der Waals surface area contributed by atoms with Crippen LogP contribution in [0.3, 0.4) is 0 Å². The molecule has 2 heteroatoms. The monoisotopic (exact) mass is 329 g/mol. The van der Waals surface area contributed by atoms with E-state index in [2.05, 4.69) is 68.4 Å². The maximum Gasteiger partial charge on any atom is 0.119 e. The highest BCUT2D eigenvalue weighted by molar-refractivity contribution is 6.01. The Morgan fingerprint density at radius 2 is 1.48 bits per heavy atom. The number of hydrogen-bond acceptors (Lipinski definition) is 2. The third-order valence-corrected chi connectivity index (χ3v) is 4.49. The molecule has 0 aliphatic rings. The van der Waals surface area contributed by atoms with Gasteiger partial charge in [0.25, 0.3) is 0 Å². The highest BCUT2D eigenvalue weighted by Crippen LogP contribution is 2.28. The summed E-state index contributed by atoms with van der Waals surface area (Å²) in [6, 6.07) is 26.9. The Morgan fingerprint density at radius 1 is 0.840 bits per heavy atom. The molecule has 3 aromatic rings. The fourth-order valence-corrected chi connectivity index (χ4v) is 3.04. The van der Waals surface area contributed by atoms with E-state index in [4.69, 9.17) is 9.73 Å². The maximum atomic E-state index is 5.21. The molecule has 3 rings (SSSR count). The first-order valence-corrected chi connectivity index (χ1v) is 8.52. The number of hydrogen-bond donors (Lipinski definition) is 0. The van der Waals surface area contributed by atoms with Crippen LogP contribution < -0.4 is 4.74 Å². The molecule has 0 amide bonds. The van der Waals surface area contributed by atoms with Gasteiger partial charge in [-0.1, -0.05) is 61.5 Å². The predicted octanol–water partition coefficient (Wildman–Crippen LogP) is 5.99. The fourth-order valence-electron chi connectivity index (χ4n) is 3.04. The van der Waals surface area contributed by atoms with Crippen molar-refractivity contribution in [2.24, 2.45) is 4.99 Å². The van der Waals surface area contributed by atoms with Crippen LogP contribution in [0.5, 0.6) is 5.75 Å². The largest absolute Gasteiger partial charge is 0.497 e. The minimum absolute atomic E-state index is 0.318. The molecule has 3 aromatic carbocycles. The van der Waals surface area contributed by atoms with Crippen molar-refractivity contribution in [3.05, 3.63) is 95.6 Å². The number of aliphatic imine (C=N–C) groups is 1. The Bertz CT molecular complexity index is 851. The number of rotatable bonds is 5. The number of ether oxygens (including phenoxy) is 1. The minimum atomic E-state index is 0.318. The average molecular weight is 329 g/mol. The van der Waals surface area contributed by atoms with E-state index in [1.807, 2.05) is 24.3 Å². The number of nitrogens with zero attached hydrogens (tertiary/aromatic N) is 1. The van der Waals surface area contributed by atoms with E-state index < -0.39 is 0 Å². The molecule has 0 N–H and O–H groups in total. The van der Waals surface area contributed by atoms with Crippen LogP contribution in [-0.2, 0) is 0 Å². The van der Waals surface area contributed by atoms with Gasteiger partial charge in [0, 0.05) is 11.6 Å². The molecule has 0 saturated carbocycles. The normalized spacial score (nSPS) is 12.7. The van der Waals surface area contributed by atoms with Crippen molar-refractivity contribution in [3.8, 4) is 5.75 Å². The average Bonchev–Trinajstić information content (AvgIpc) is 2.68. The van der Waals surface area contributed by atoms with Crippen molar-refractivity contribution in [3.63, 3.8) is 0 Å². The van der Waals surface area contributed by atoms with Crippen LogP contribution in [0.15, 0.2) is 83.9 Å². The van der Waals surface area contributed by atoms with Crippen LogP contribution in [-0.4, -0.2) is 12.8 Å². The molecule has 2 nitrogen and oxygen atoms in total. The summed E-state index contributed by atoms with van der Waals surface area (Å²) in [6.07, 6.45) is 0. The first kappa shape index (κ1) is 17.0. The molecule has 25 heavy (non-hydrogen) atoms. The first-order chi connectivity index (χ1) is 12.2. The zero-order valence-corrected chi connectivity index (χ0v) is 14.9. The molecular formula is C23H23NO. The standard InChI is InChI=1S/C23H23NO/c1-17(19-9-5-4-6-10-19)22-11-7-8-12-23(22)18(2)24-20-13-15-21(25-3)16-14-20/h4-17H,1-3H3. The SMILES string of the molecule is COc1ccc(N=C(C)c2ccccc2C(C)c2ccccc2)cc1. The summed E-state index contributed by atoms with van der Waals surface area (Å²) in [5.41, 5.74) is 5.74. The van der Waals surface area contributed by atoms with Crippen LogP contribution in [0.1, 0.15) is 36.5 Å². The third kappa shape index (κ3) is 3.97. The lowest BCUT2D eigenvalue weighted by Crippen LogP contribution is -2.05. The van der Waals surface area contributed by atoms with Gasteiger partial charge in [0.1, 0.15) is 5.75 Å². The lowest BCUT2D eigenvalue weighted by atomic mass is 9.88. The Morgan fingerprint density at radius 3 is 2.16 bits per heavy atom. The smallest absolute Gasteiger partial charge is 0.119 e. The molecule has 0 saturated heterocycles. The third-order valence-electron chi connectivity index (χ3n) is 4.49. The zero-order chi connectivity index (χ0) is 17.6. The molecule has 0 bridgehead atoms. The van der Waals surface area contributed by atoms with E-state index in [9.17, 15) is 0 Å². The molecule has 1 unspecified atom stereocenters. The molecule has 0 spiro atoms. The van der Waals surface area contributed by atoms with Gasteiger partial charge < -0.3 is 4.74 Å². The van der Waals surface area contributed by atoms with Crippen LogP contribution in [0.2, 0.25) is 0 Å². The minimum Gasteiger partial charge on any atom is -0.497 e. The van der Waals surface area contributed by atoms with Crippen LogP contribution in [0.4, 0.5) is 5.69 Å². The quantitative estimate of drug-likeness (QED) is 0.527. The maximum absolute atomic E-state index is 5.21. The fraction of sp³-hybridized carbons (Fsp3) is 0.174. The highest BCUT2D eigenvalue weighted by atomic mass is 16.5. The second kappa shape index (κ2) is 7.80. The summed E-state index contributed by atoms with van der Waals surface area (Å²) in [5, 5.41) is 0. The second-order valence-corrected chi connectivity index (χ2v) is 6.11. The lowest BCUT2D eigenvalue weighted by molar-refractivity contribution is 0.415. The second-order valence-electron chi connectivity index (χ2n) is 6.11. The zero-order valence-electron chi connectivity index (χ0n) is 14.9. The summed E-state index contributed by atoms with van der Waals surface area (Å²) >= 11 is 0.